The van der Waals surface area contributed by atoms with E-state index < -0.39 is 8.07 Å². The summed E-state index contributed by atoms with van der Waals surface area (Å²) >= 11 is 0. The van der Waals surface area contributed by atoms with E-state index in [0.29, 0.717) is 6.71 Å². The summed E-state index contributed by atoms with van der Waals surface area (Å²) in [6.45, 7) is 19.5. The Kier molecular flexibility index (Phi) is 5.21. The average molecular weight is 256 g/mol. The molecule has 0 aromatic rings. The van der Waals surface area contributed by atoms with E-state index in [9.17, 15) is 0 Å². The Balaban J connectivity index is 3.24. The molecule has 0 nitrogen and oxygen atoms in total. The van der Waals surface area contributed by atoms with Crippen LogP contribution in [0, 0.1) is 0 Å². The maximum Gasteiger partial charge on any atom is 0.198 e. The number of rotatable bonds is 6. The third-order valence-electron chi connectivity index (χ3n) is 4.21. The standard InChI is InChI=1S/C16H25BSi/c1-7-10-12-16-17(13-9-3)15(11-8-2)14(4)18(16,5)6/h7-9,12H,1-3,10-11,13H2,4-6H3/b16-12+. The average Bonchev–Trinajstić information content (AvgIpc) is 2.49. The number of hydrogen-bond donors (Lipinski definition) is 0. The summed E-state index contributed by atoms with van der Waals surface area (Å²) in [6, 6.07) is 0. The van der Waals surface area contributed by atoms with E-state index in [-0.39, 0.29) is 0 Å². The summed E-state index contributed by atoms with van der Waals surface area (Å²) in [6.07, 6.45) is 11.5. The molecular weight excluding hydrogens is 231 g/mol. The van der Waals surface area contributed by atoms with Gasteiger partial charge in [-0.25, -0.2) is 0 Å². The van der Waals surface area contributed by atoms with Crippen LogP contribution < -0.4 is 0 Å². The summed E-state index contributed by atoms with van der Waals surface area (Å²) in [7, 11) is -1.41. The van der Waals surface area contributed by atoms with Gasteiger partial charge in [0.05, 0.1) is 8.07 Å². The second-order valence-electron chi connectivity index (χ2n) is 5.53. The highest BCUT2D eigenvalue weighted by Gasteiger charge is 2.43. The van der Waals surface area contributed by atoms with Crippen molar-refractivity contribution in [2.75, 3.05) is 0 Å². The maximum absolute atomic E-state index is 3.93. The molecule has 1 heterocycles. The lowest BCUT2D eigenvalue weighted by Gasteiger charge is -2.23. The van der Waals surface area contributed by atoms with Gasteiger partial charge in [-0.05, 0) is 26.1 Å². The van der Waals surface area contributed by atoms with E-state index in [1.807, 2.05) is 12.2 Å². The van der Waals surface area contributed by atoms with Crippen molar-refractivity contribution in [2.45, 2.75) is 39.2 Å². The zero-order valence-electron chi connectivity index (χ0n) is 12.1. The minimum atomic E-state index is -1.41. The minimum absolute atomic E-state index is 0.571. The van der Waals surface area contributed by atoms with E-state index in [4.69, 9.17) is 0 Å². The molecule has 96 valence electrons. The van der Waals surface area contributed by atoms with Crippen LogP contribution in [0.3, 0.4) is 0 Å². The van der Waals surface area contributed by atoms with E-state index in [1.165, 1.54) is 0 Å². The van der Waals surface area contributed by atoms with Crippen LogP contribution in [0.1, 0.15) is 19.8 Å². The molecule has 0 N–H and O–H groups in total. The van der Waals surface area contributed by atoms with E-state index >= 15 is 0 Å². The van der Waals surface area contributed by atoms with Gasteiger partial charge in [-0.2, -0.15) is 0 Å². The molecule has 0 unspecified atom stereocenters. The fourth-order valence-corrected chi connectivity index (χ4v) is 6.30. The van der Waals surface area contributed by atoms with Crippen LogP contribution in [0.5, 0.6) is 0 Å². The van der Waals surface area contributed by atoms with Crippen LogP contribution in [-0.2, 0) is 0 Å². The zero-order valence-corrected chi connectivity index (χ0v) is 13.1. The Morgan fingerprint density at radius 3 is 2.28 bits per heavy atom. The predicted molar refractivity (Wildman–Crippen MR) is 88.7 cm³/mol. The summed E-state index contributed by atoms with van der Waals surface area (Å²) < 4.78 is 0. The molecule has 0 aromatic heterocycles. The van der Waals surface area contributed by atoms with Crippen LogP contribution in [0.25, 0.3) is 0 Å². The van der Waals surface area contributed by atoms with Gasteiger partial charge >= 0.3 is 0 Å². The molecule has 2 heteroatoms. The quantitative estimate of drug-likeness (QED) is 0.466. The van der Waals surface area contributed by atoms with Crippen molar-refractivity contribution in [1.82, 2.24) is 0 Å². The normalized spacial score (nSPS) is 20.4. The van der Waals surface area contributed by atoms with Gasteiger partial charge < -0.3 is 0 Å². The molecule has 1 aliphatic rings. The maximum atomic E-state index is 3.93. The lowest BCUT2D eigenvalue weighted by atomic mass is 9.41. The van der Waals surface area contributed by atoms with E-state index in [0.717, 1.165) is 19.2 Å². The molecule has 0 aromatic carbocycles. The fourth-order valence-electron chi connectivity index (χ4n) is 3.00. The lowest BCUT2D eigenvalue weighted by molar-refractivity contribution is 1.30. The largest absolute Gasteiger partial charge is 0.198 e. The van der Waals surface area contributed by atoms with Gasteiger partial charge in [0.15, 0.2) is 6.71 Å². The number of hydrogen-bond acceptors (Lipinski definition) is 0. The van der Waals surface area contributed by atoms with Crippen LogP contribution >= 0.6 is 0 Å². The Labute approximate surface area is 114 Å². The molecule has 0 fully saturated rings. The molecule has 1 aliphatic heterocycles. The Morgan fingerprint density at radius 2 is 1.78 bits per heavy atom. The molecule has 0 spiro atoms. The monoisotopic (exact) mass is 256 g/mol. The minimum Gasteiger partial charge on any atom is -0.105 e. The van der Waals surface area contributed by atoms with Crippen LogP contribution in [0.2, 0.25) is 19.4 Å². The summed E-state index contributed by atoms with van der Waals surface area (Å²) in [5, 5.41) is 3.31. The SMILES string of the molecule is C=CC/C=C1\B(CC=C)C(CC=C)=C(C)[Si]1(C)C. The molecule has 0 saturated carbocycles. The van der Waals surface area contributed by atoms with Crippen LogP contribution in [-0.4, -0.2) is 14.8 Å². The third-order valence-corrected chi connectivity index (χ3v) is 8.40. The first-order chi connectivity index (χ1) is 8.50. The highest BCUT2D eigenvalue weighted by molar-refractivity contribution is 7.09. The van der Waals surface area contributed by atoms with Crippen molar-refractivity contribution < 1.29 is 0 Å². The van der Waals surface area contributed by atoms with Crippen molar-refractivity contribution in [2.24, 2.45) is 0 Å². The third kappa shape index (κ3) is 2.69. The molecule has 18 heavy (non-hydrogen) atoms. The molecular formula is C16H25BSi. The van der Waals surface area contributed by atoms with Gasteiger partial charge in [0.25, 0.3) is 0 Å². The number of allylic oxidation sites excluding steroid dienone is 6. The van der Waals surface area contributed by atoms with Crippen molar-refractivity contribution >= 4 is 14.8 Å². The smallest absolute Gasteiger partial charge is 0.105 e. The van der Waals surface area contributed by atoms with E-state index in [1.54, 1.807) is 15.8 Å². The molecule has 0 atom stereocenters. The highest BCUT2D eigenvalue weighted by atomic mass is 28.3. The fraction of sp³-hybridized carbons (Fsp3) is 0.375. The van der Waals surface area contributed by atoms with Gasteiger partial charge in [-0.1, -0.05) is 48.1 Å². The predicted octanol–water partition coefficient (Wildman–Crippen LogP) is 4.94. The van der Waals surface area contributed by atoms with Gasteiger partial charge in [-0.15, -0.1) is 24.8 Å². The Morgan fingerprint density at radius 1 is 1.11 bits per heavy atom. The van der Waals surface area contributed by atoms with Gasteiger partial charge in [0.2, 0.25) is 0 Å². The molecule has 0 bridgehead atoms. The van der Waals surface area contributed by atoms with Crippen LogP contribution in [0.15, 0.2) is 59.8 Å². The second-order valence-corrected chi connectivity index (χ2v) is 10.1. The van der Waals surface area contributed by atoms with Crippen LogP contribution in [0.4, 0.5) is 0 Å². The molecule has 1 rings (SSSR count). The zero-order chi connectivity index (χ0) is 13.8. The lowest BCUT2D eigenvalue weighted by Crippen LogP contribution is -2.32. The summed E-state index contributed by atoms with van der Waals surface area (Å²) in [5.74, 6) is 0. The van der Waals surface area contributed by atoms with Crippen molar-refractivity contribution in [1.29, 1.82) is 0 Å². The summed E-state index contributed by atoms with van der Waals surface area (Å²) in [5.41, 5.74) is 1.59. The van der Waals surface area contributed by atoms with Gasteiger partial charge in [0, 0.05) is 0 Å². The van der Waals surface area contributed by atoms with Crippen molar-refractivity contribution in [3.8, 4) is 0 Å². The van der Waals surface area contributed by atoms with Crippen molar-refractivity contribution in [3.63, 3.8) is 0 Å². The van der Waals surface area contributed by atoms with Gasteiger partial charge in [-0.3, -0.25) is 0 Å². The Bertz CT molecular complexity index is 413. The molecule has 0 aliphatic carbocycles. The summed E-state index contributed by atoms with van der Waals surface area (Å²) in [4.78, 5) is 0. The topological polar surface area (TPSA) is 0 Å². The highest BCUT2D eigenvalue weighted by Crippen LogP contribution is 2.40. The molecule has 0 radical (unpaired) electrons. The second kappa shape index (κ2) is 6.24. The first-order valence-electron chi connectivity index (χ1n) is 6.74. The van der Waals surface area contributed by atoms with E-state index in [2.05, 4.69) is 51.9 Å². The molecule has 0 amide bonds. The van der Waals surface area contributed by atoms with Crippen molar-refractivity contribution in [3.05, 3.63) is 59.8 Å². The first kappa shape index (κ1) is 15.0. The first-order valence-corrected chi connectivity index (χ1v) is 9.74. The van der Waals surface area contributed by atoms with Gasteiger partial charge in [0.1, 0.15) is 0 Å². The Hall–Kier alpha value is -1.02. The molecule has 0 saturated heterocycles.